The van der Waals surface area contributed by atoms with Crippen LogP contribution in [0.15, 0.2) is 226 Å². The molecule has 0 aliphatic carbocycles. The topological polar surface area (TPSA) is 430 Å². The number of nitrogens with two attached hydrogens (primary N) is 1. The number of rotatable bonds is 25. The zero-order chi connectivity index (χ0) is 90.8. The van der Waals surface area contributed by atoms with E-state index < -0.39 is 68.6 Å². The number of carbonyl (C=O) groups excluding carboxylic acids is 5. The molecule has 652 valence electrons. The van der Waals surface area contributed by atoms with Gasteiger partial charge in [0.1, 0.15) is 31.6 Å². The van der Waals surface area contributed by atoms with Crippen LogP contribution < -0.4 is 37.0 Å². The van der Waals surface area contributed by atoms with Crippen molar-refractivity contribution in [1.29, 1.82) is 0 Å². The number of pyridine rings is 1. The molecule has 0 spiro atoms. The van der Waals surface area contributed by atoms with Crippen LogP contribution in [0.5, 0.6) is 0 Å². The molecule has 15 rings (SSSR count). The van der Waals surface area contributed by atoms with Crippen molar-refractivity contribution in [3.05, 3.63) is 365 Å². The third-order valence-corrected chi connectivity index (χ3v) is 19.2. The standard InChI is InChI=1S/C18H17ClFN5O3S.C17H15ClFN5O.C17H14ClFN4O2.C16H13ClFN5O.C15H12ClFN6O/c1-29(27,28)22-9-13-7-14(19)16(20)15(8-13)23-18(26)17-21-11-25(24-17)10-12-5-3-2-4-6-12;18-13-6-12(8-20)7-14(15(13)19)22-17(25)16-21-10-24(23-16)9-11-4-2-1-3-5-11;18-13-6-12(9-24)7-14(15(13)19)21-17(25)16-20-10-23(22-16)8-11-4-2-1-3-5-11;1-10-5-6-11(7-19-10)8-23-9-20-15(22-23)16(24)21-13-4-2-3-12(17)14(13)18;1-9-5-19-10(6-18-9)7-23-8-20-14(22-23)15(24)21-12-4-2-3-11(16)13(12)17/h2-8,11,22H,9-10H2,1H3,(H,23,26);1-7,10H,8-9,20H2,(H,22,25);1-7,10,24H,8-9H2,(H,21,25);2-7,9H,8H2,1H3,(H,21,24);2-6,8H,7H2,1H3,(H,21,24). The lowest BCUT2D eigenvalue weighted by molar-refractivity contribution is 0.100. The van der Waals surface area contributed by atoms with Crippen molar-refractivity contribution in [2.75, 3.05) is 32.8 Å². The van der Waals surface area contributed by atoms with Gasteiger partial charge in [0.25, 0.3) is 29.5 Å². The maximum Gasteiger partial charge on any atom is 0.295 e. The summed E-state index contributed by atoms with van der Waals surface area (Å²) in [6.07, 6.45) is 13.1. The van der Waals surface area contributed by atoms with Crippen LogP contribution in [0.4, 0.5) is 50.4 Å². The van der Waals surface area contributed by atoms with Crippen molar-refractivity contribution < 1.29 is 59.4 Å². The fraction of sp³-hybridized carbons (Fsp3) is 0.133. The number of carbonyl (C=O) groups is 5. The largest absolute Gasteiger partial charge is 0.392 e. The fourth-order valence-electron chi connectivity index (χ4n) is 11.0. The summed E-state index contributed by atoms with van der Waals surface area (Å²) in [5, 5.41) is 40.8. The quantitative estimate of drug-likeness (QED) is 0.0246. The minimum atomic E-state index is -3.44. The highest BCUT2D eigenvalue weighted by molar-refractivity contribution is 7.88. The Balaban J connectivity index is 0.000000154. The van der Waals surface area contributed by atoms with Crippen molar-refractivity contribution in [1.82, 2.24) is 93.5 Å². The number of nitrogens with one attached hydrogen (secondary N) is 6. The highest BCUT2D eigenvalue weighted by Gasteiger charge is 2.23. The Hall–Kier alpha value is -14.0. The summed E-state index contributed by atoms with van der Waals surface area (Å²) in [6.45, 7) is 5.59. The van der Waals surface area contributed by atoms with E-state index >= 15 is 0 Å². The second-order valence-corrected chi connectivity index (χ2v) is 30.9. The first-order chi connectivity index (χ1) is 60.9. The number of benzene rings is 8. The Labute approximate surface area is 744 Å². The van der Waals surface area contributed by atoms with Crippen molar-refractivity contribution in [3.63, 3.8) is 0 Å². The zero-order valence-corrected chi connectivity index (χ0v) is 71.2. The number of hydrogen-bond acceptors (Lipinski definition) is 22. The van der Waals surface area contributed by atoms with Crippen LogP contribution in [0, 0.1) is 42.9 Å². The number of hydrogen-bond donors (Lipinski definition) is 8. The van der Waals surface area contributed by atoms with E-state index in [1.165, 1.54) is 128 Å². The van der Waals surface area contributed by atoms with Crippen molar-refractivity contribution in [3.8, 4) is 0 Å². The van der Waals surface area contributed by atoms with Gasteiger partial charge in [-0.2, -0.15) is 0 Å². The summed E-state index contributed by atoms with van der Waals surface area (Å²) < 4.78 is 102. The van der Waals surface area contributed by atoms with Crippen LogP contribution in [0.1, 0.15) is 109 Å². The first-order valence-corrected chi connectivity index (χ1v) is 41.1. The monoisotopic (exact) mass is 1850 g/mol. The minimum absolute atomic E-state index is 0.0217. The van der Waals surface area contributed by atoms with E-state index in [2.05, 4.69) is 96.7 Å². The van der Waals surface area contributed by atoms with Gasteiger partial charge in [-0.1, -0.05) is 167 Å². The zero-order valence-electron chi connectivity index (χ0n) is 66.6. The minimum Gasteiger partial charge on any atom is -0.392 e. The Morgan fingerprint density at radius 2 is 0.685 bits per heavy atom. The first-order valence-electron chi connectivity index (χ1n) is 37.3. The van der Waals surface area contributed by atoms with Crippen LogP contribution in [0.2, 0.25) is 25.1 Å². The molecule has 33 nitrogen and oxygen atoms in total. The number of anilines is 5. The van der Waals surface area contributed by atoms with E-state index in [-0.39, 0.29) is 102 Å². The molecule has 0 unspecified atom stereocenters. The van der Waals surface area contributed by atoms with Gasteiger partial charge < -0.3 is 37.4 Å². The number of amides is 5. The Morgan fingerprint density at radius 3 is 1.03 bits per heavy atom. The molecular formula is C83H71Cl5F5N25O8S. The van der Waals surface area contributed by atoms with Gasteiger partial charge >= 0.3 is 0 Å². The number of aliphatic hydroxyl groups excluding tert-OH is 1. The summed E-state index contributed by atoms with van der Waals surface area (Å²) in [5.41, 5.74) is 12.8. The number of halogens is 10. The molecule has 9 N–H and O–H groups in total. The highest BCUT2D eigenvalue weighted by Crippen LogP contribution is 2.30. The second-order valence-electron chi connectivity index (χ2n) is 27.0. The molecule has 0 radical (unpaired) electrons. The number of nitrogens with zero attached hydrogens (tertiary/aromatic N) is 18. The highest BCUT2D eigenvalue weighted by atomic mass is 35.5. The molecule has 15 aromatic rings. The Bertz CT molecular complexity index is 6190. The van der Waals surface area contributed by atoms with Crippen LogP contribution in [-0.4, -0.2) is 138 Å². The molecule has 8 aromatic carbocycles. The van der Waals surface area contributed by atoms with Crippen LogP contribution in [0.3, 0.4) is 0 Å². The maximum atomic E-state index is 14.3. The van der Waals surface area contributed by atoms with Crippen molar-refractivity contribution >= 4 is 126 Å². The lowest BCUT2D eigenvalue weighted by Crippen LogP contribution is -2.21. The van der Waals surface area contributed by atoms with E-state index in [1.54, 1.807) is 18.6 Å². The maximum absolute atomic E-state index is 14.3. The predicted molar refractivity (Wildman–Crippen MR) is 463 cm³/mol. The molecule has 0 saturated heterocycles. The van der Waals surface area contributed by atoms with E-state index in [9.17, 15) is 54.3 Å². The summed E-state index contributed by atoms with van der Waals surface area (Å²) in [4.78, 5) is 93.3. The average Bonchev–Trinajstić information content (AvgIpc) is 1.77. The van der Waals surface area contributed by atoms with Crippen LogP contribution in [-0.2, 0) is 62.4 Å². The molecule has 127 heavy (non-hydrogen) atoms. The summed E-state index contributed by atoms with van der Waals surface area (Å²) in [5.74, 6) is -7.47. The van der Waals surface area contributed by atoms with Gasteiger partial charge in [0.15, 0.2) is 29.1 Å². The predicted octanol–water partition coefficient (Wildman–Crippen LogP) is 13.7. The molecule has 0 saturated carbocycles. The number of sulfonamides is 1. The average molecular weight is 1850 g/mol. The van der Waals surface area contributed by atoms with Crippen LogP contribution >= 0.6 is 58.0 Å². The fourth-order valence-corrected chi connectivity index (χ4v) is 12.5. The molecule has 5 amide bonds. The Morgan fingerprint density at radius 1 is 0.354 bits per heavy atom. The van der Waals surface area contributed by atoms with Gasteiger partial charge in [-0.05, 0) is 120 Å². The van der Waals surface area contributed by atoms with E-state index in [0.717, 1.165) is 39.9 Å². The smallest absolute Gasteiger partial charge is 0.295 e. The van der Waals surface area contributed by atoms with E-state index in [4.69, 9.17) is 68.8 Å². The number of aryl methyl sites for hydroxylation is 2. The third-order valence-electron chi connectivity index (χ3n) is 17.1. The SMILES string of the molecule is CS(=O)(=O)NCc1cc(Cl)c(F)c(NC(=O)c2ncn(Cc3ccccc3)n2)c1.Cc1ccc(Cn2cnc(C(=O)Nc3cccc(Cl)c3F)n2)cn1.Cc1cnc(Cn2cnc(C(=O)Nc3cccc(Cl)c3F)n2)cn1.NCc1cc(Cl)c(F)c(NC(=O)c2ncn(Cc3ccccc3)n2)c1.O=C(Nc1cc(CO)cc(Cl)c1F)c1ncn(Cc2ccccc2)n1. The molecule has 0 bridgehead atoms. The van der Waals surface area contributed by atoms with Gasteiger partial charge in [0, 0.05) is 31.2 Å². The van der Waals surface area contributed by atoms with Gasteiger partial charge in [0.05, 0.1) is 117 Å². The molecule has 0 fully saturated rings. The molecule has 0 aliphatic heterocycles. The second kappa shape index (κ2) is 44.5. The van der Waals surface area contributed by atoms with Crippen molar-refractivity contribution in [2.45, 2.75) is 66.3 Å². The molecule has 7 heterocycles. The van der Waals surface area contributed by atoms with E-state index in [0.29, 0.717) is 55.1 Å². The van der Waals surface area contributed by atoms with Gasteiger partial charge in [-0.25, -0.2) is 83.4 Å². The normalized spacial score (nSPS) is 10.8. The van der Waals surface area contributed by atoms with E-state index in [1.807, 2.05) is 117 Å². The molecule has 0 atom stereocenters. The molecule has 0 aliphatic rings. The van der Waals surface area contributed by atoms with Gasteiger partial charge in [-0.3, -0.25) is 38.9 Å². The molecule has 7 aromatic heterocycles. The van der Waals surface area contributed by atoms with Gasteiger partial charge in [0.2, 0.25) is 39.1 Å². The molecule has 44 heteroatoms. The van der Waals surface area contributed by atoms with Crippen LogP contribution in [0.25, 0.3) is 0 Å². The molecular weight excluding hydrogens is 1780 g/mol. The lowest BCUT2D eigenvalue weighted by atomic mass is 10.2. The number of aromatic nitrogens is 18. The Kier molecular flexibility index (Phi) is 32.8. The summed E-state index contributed by atoms with van der Waals surface area (Å²) in [7, 11) is -3.44. The lowest BCUT2D eigenvalue weighted by Gasteiger charge is -2.10. The van der Waals surface area contributed by atoms with Crippen molar-refractivity contribution in [2.24, 2.45) is 5.73 Å². The third kappa shape index (κ3) is 27.7. The first kappa shape index (κ1) is 93.7. The number of aliphatic hydroxyl groups is 1. The summed E-state index contributed by atoms with van der Waals surface area (Å²) in [6, 6.07) is 49.2. The summed E-state index contributed by atoms with van der Waals surface area (Å²) >= 11 is 28.8. The van der Waals surface area contributed by atoms with Gasteiger partial charge in [-0.15, -0.1) is 25.5 Å².